The summed E-state index contributed by atoms with van der Waals surface area (Å²) in [7, 11) is 0. The van der Waals surface area contributed by atoms with Gasteiger partial charge in [-0.25, -0.2) is 4.39 Å². The van der Waals surface area contributed by atoms with Gasteiger partial charge in [-0.1, -0.05) is 0 Å². The van der Waals surface area contributed by atoms with Crippen LogP contribution in [0.15, 0.2) is 24.4 Å². The second-order valence-corrected chi connectivity index (χ2v) is 3.99. The lowest BCUT2D eigenvalue weighted by molar-refractivity contribution is 0.629. The molecule has 16 heavy (non-hydrogen) atoms. The van der Waals surface area contributed by atoms with Gasteiger partial charge in [0, 0.05) is 23.6 Å². The highest BCUT2D eigenvalue weighted by atomic mass is 19.1. The number of aryl methyl sites for hydroxylation is 2. The maximum Gasteiger partial charge on any atom is 0.123 e. The molecule has 2 nitrogen and oxygen atoms in total. The van der Waals surface area contributed by atoms with Crippen molar-refractivity contribution in [3.05, 3.63) is 35.8 Å². The standard InChI is InChI=1S/C13H17FN2/c1-2-16-9-10(4-3-7-15)12-8-11(14)5-6-13(12)16/h5-6,8-9H,2-4,7,15H2,1H3. The molecule has 86 valence electrons. The summed E-state index contributed by atoms with van der Waals surface area (Å²) in [6.45, 7) is 3.67. The van der Waals surface area contributed by atoms with E-state index in [2.05, 4.69) is 17.7 Å². The molecule has 2 rings (SSSR count). The van der Waals surface area contributed by atoms with Crippen LogP contribution in [-0.4, -0.2) is 11.1 Å². The Morgan fingerprint density at radius 2 is 2.19 bits per heavy atom. The second kappa shape index (κ2) is 4.66. The van der Waals surface area contributed by atoms with Crippen LogP contribution in [0.3, 0.4) is 0 Å². The normalized spacial score (nSPS) is 11.2. The number of rotatable bonds is 4. The highest BCUT2D eigenvalue weighted by Crippen LogP contribution is 2.23. The zero-order chi connectivity index (χ0) is 11.5. The minimum absolute atomic E-state index is 0.171. The van der Waals surface area contributed by atoms with Crippen molar-refractivity contribution < 1.29 is 4.39 Å². The van der Waals surface area contributed by atoms with E-state index < -0.39 is 0 Å². The van der Waals surface area contributed by atoms with Gasteiger partial charge < -0.3 is 10.3 Å². The molecule has 1 heterocycles. The molecule has 2 N–H and O–H groups in total. The number of hydrogen-bond donors (Lipinski definition) is 1. The molecule has 0 saturated carbocycles. The lowest BCUT2D eigenvalue weighted by Gasteiger charge is -1.99. The molecule has 0 aliphatic heterocycles. The monoisotopic (exact) mass is 220 g/mol. The number of nitrogens with two attached hydrogens (primary N) is 1. The molecule has 0 unspecified atom stereocenters. The number of halogens is 1. The lowest BCUT2D eigenvalue weighted by Crippen LogP contribution is -2.00. The molecule has 0 aliphatic carbocycles. The molecule has 1 aromatic heterocycles. The molecule has 0 amide bonds. The summed E-state index contributed by atoms with van der Waals surface area (Å²) in [5, 5.41) is 1.02. The Hall–Kier alpha value is -1.35. The Labute approximate surface area is 94.9 Å². The minimum Gasteiger partial charge on any atom is -0.347 e. The molecular weight excluding hydrogens is 203 g/mol. The van der Waals surface area contributed by atoms with E-state index >= 15 is 0 Å². The van der Waals surface area contributed by atoms with Crippen LogP contribution in [0.4, 0.5) is 4.39 Å². The predicted molar refractivity (Wildman–Crippen MR) is 64.9 cm³/mol. The van der Waals surface area contributed by atoms with Gasteiger partial charge in [-0.05, 0) is 50.1 Å². The fourth-order valence-corrected chi connectivity index (χ4v) is 2.10. The smallest absolute Gasteiger partial charge is 0.123 e. The van der Waals surface area contributed by atoms with Crippen LogP contribution >= 0.6 is 0 Å². The van der Waals surface area contributed by atoms with Gasteiger partial charge in [-0.3, -0.25) is 0 Å². The third-order valence-corrected chi connectivity index (χ3v) is 2.92. The molecular formula is C13H17FN2. The first-order valence-electron chi connectivity index (χ1n) is 5.73. The quantitative estimate of drug-likeness (QED) is 0.843. The van der Waals surface area contributed by atoms with E-state index in [0.717, 1.165) is 30.3 Å². The van der Waals surface area contributed by atoms with E-state index in [-0.39, 0.29) is 5.82 Å². The van der Waals surface area contributed by atoms with Crippen molar-refractivity contribution in [3.63, 3.8) is 0 Å². The maximum atomic E-state index is 13.2. The summed E-state index contributed by atoms with van der Waals surface area (Å²) < 4.78 is 15.4. The third kappa shape index (κ3) is 1.95. The van der Waals surface area contributed by atoms with Crippen molar-refractivity contribution in [1.29, 1.82) is 0 Å². The van der Waals surface area contributed by atoms with E-state index in [1.54, 1.807) is 6.07 Å². The largest absolute Gasteiger partial charge is 0.347 e. The first kappa shape index (κ1) is 11.1. The van der Waals surface area contributed by atoms with Gasteiger partial charge in [0.25, 0.3) is 0 Å². The first-order chi connectivity index (χ1) is 7.76. The minimum atomic E-state index is -0.171. The number of aromatic nitrogens is 1. The molecule has 2 aromatic rings. The van der Waals surface area contributed by atoms with Crippen LogP contribution in [0, 0.1) is 5.82 Å². The van der Waals surface area contributed by atoms with Crippen molar-refractivity contribution >= 4 is 10.9 Å². The topological polar surface area (TPSA) is 30.9 Å². The van der Waals surface area contributed by atoms with Gasteiger partial charge >= 0.3 is 0 Å². The van der Waals surface area contributed by atoms with Crippen molar-refractivity contribution in [1.82, 2.24) is 4.57 Å². The summed E-state index contributed by atoms with van der Waals surface area (Å²) >= 11 is 0. The van der Waals surface area contributed by atoms with Crippen molar-refractivity contribution in [3.8, 4) is 0 Å². The van der Waals surface area contributed by atoms with Gasteiger partial charge in [0.05, 0.1) is 0 Å². The van der Waals surface area contributed by atoms with Crippen LogP contribution in [0.25, 0.3) is 10.9 Å². The van der Waals surface area contributed by atoms with E-state index in [1.807, 2.05) is 6.07 Å². The van der Waals surface area contributed by atoms with Gasteiger partial charge in [0.2, 0.25) is 0 Å². The van der Waals surface area contributed by atoms with Crippen molar-refractivity contribution in [2.45, 2.75) is 26.3 Å². The summed E-state index contributed by atoms with van der Waals surface area (Å²) in [4.78, 5) is 0. The Morgan fingerprint density at radius 1 is 1.38 bits per heavy atom. The Balaban J connectivity index is 2.50. The summed E-state index contributed by atoms with van der Waals surface area (Å²) in [5.41, 5.74) is 7.81. The van der Waals surface area contributed by atoms with Crippen LogP contribution in [0.2, 0.25) is 0 Å². The zero-order valence-corrected chi connectivity index (χ0v) is 9.54. The fourth-order valence-electron chi connectivity index (χ4n) is 2.10. The van der Waals surface area contributed by atoms with Gasteiger partial charge in [0.15, 0.2) is 0 Å². The average molecular weight is 220 g/mol. The Morgan fingerprint density at radius 3 is 2.88 bits per heavy atom. The Bertz CT molecular complexity index is 488. The van der Waals surface area contributed by atoms with Crippen LogP contribution in [-0.2, 0) is 13.0 Å². The molecule has 0 spiro atoms. The lowest BCUT2D eigenvalue weighted by atomic mass is 10.1. The zero-order valence-electron chi connectivity index (χ0n) is 9.54. The molecule has 0 radical (unpaired) electrons. The van der Waals surface area contributed by atoms with Crippen LogP contribution in [0.1, 0.15) is 18.9 Å². The number of hydrogen-bond acceptors (Lipinski definition) is 1. The highest BCUT2D eigenvalue weighted by molar-refractivity contribution is 5.84. The van der Waals surface area contributed by atoms with E-state index in [1.165, 1.54) is 11.6 Å². The highest BCUT2D eigenvalue weighted by Gasteiger charge is 2.07. The van der Waals surface area contributed by atoms with Crippen LogP contribution in [0.5, 0.6) is 0 Å². The fraction of sp³-hybridized carbons (Fsp3) is 0.385. The number of nitrogens with zero attached hydrogens (tertiary/aromatic N) is 1. The second-order valence-electron chi connectivity index (χ2n) is 3.99. The summed E-state index contributed by atoms with van der Waals surface area (Å²) in [6, 6.07) is 4.98. The van der Waals surface area contributed by atoms with Gasteiger partial charge in [-0.2, -0.15) is 0 Å². The molecule has 0 atom stereocenters. The maximum absolute atomic E-state index is 13.2. The average Bonchev–Trinajstić information content (AvgIpc) is 2.64. The summed E-state index contributed by atoms with van der Waals surface area (Å²) in [6.07, 6.45) is 3.97. The SMILES string of the molecule is CCn1cc(CCCN)c2cc(F)ccc21. The van der Waals surface area contributed by atoms with E-state index in [0.29, 0.717) is 6.54 Å². The molecule has 0 fully saturated rings. The summed E-state index contributed by atoms with van der Waals surface area (Å²) in [5.74, 6) is -0.171. The molecule has 1 aromatic carbocycles. The van der Waals surface area contributed by atoms with Crippen LogP contribution < -0.4 is 5.73 Å². The molecule has 3 heteroatoms. The third-order valence-electron chi connectivity index (χ3n) is 2.92. The molecule has 0 bridgehead atoms. The molecule has 0 saturated heterocycles. The van der Waals surface area contributed by atoms with Gasteiger partial charge in [0.1, 0.15) is 5.82 Å². The number of fused-ring (bicyclic) bond motifs is 1. The first-order valence-corrected chi connectivity index (χ1v) is 5.73. The Kier molecular flexibility index (Phi) is 3.25. The molecule has 0 aliphatic rings. The van der Waals surface area contributed by atoms with E-state index in [4.69, 9.17) is 5.73 Å². The van der Waals surface area contributed by atoms with Crippen molar-refractivity contribution in [2.75, 3.05) is 6.54 Å². The van der Waals surface area contributed by atoms with E-state index in [9.17, 15) is 4.39 Å². The predicted octanol–water partition coefficient (Wildman–Crippen LogP) is 2.69. The van der Waals surface area contributed by atoms with Gasteiger partial charge in [-0.15, -0.1) is 0 Å². The van der Waals surface area contributed by atoms with Crippen molar-refractivity contribution in [2.24, 2.45) is 5.73 Å². The number of benzene rings is 1.